The Balaban J connectivity index is 1.64. The Labute approximate surface area is 127 Å². The van der Waals surface area contributed by atoms with E-state index < -0.39 is 0 Å². The number of hydrogen-bond acceptors (Lipinski definition) is 0. The van der Waals surface area contributed by atoms with Crippen LogP contribution in [0.15, 0.2) is 84.9 Å². The van der Waals surface area contributed by atoms with E-state index in [2.05, 4.69) is 84.9 Å². The van der Waals surface area contributed by atoms with Crippen LogP contribution in [0.25, 0.3) is 11.1 Å². The molecule has 0 heterocycles. The Morgan fingerprint density at radius 2 is 1.05 bits per heavy atom. The molecular weight excluding hydrogens is 252 g/mol. The first-order valence-corrected chi connectivity index (χ1v) is 7.60. The summed E-state index contributed by atoms with van der Waals surface area (Å²) in [7, 11) is 0. The molecule has 0 amide bonds. The Bertz CT molecular complexity index is 669. The van der Waals surface area contributed by atoms with Crippen LogP contribution < -0.4 is 0 Å². The van der Waals surface area contributed by atoms with Gasteiger partial charge in [-0.3, -0.25) is 0 Å². The molecule has 0 fully saturated rings. The van der Waals surface area contributed by atoms with Crippen molar-refractivity contribution in [1.29, 1.82) is 0 Å². The van der Waals surface area contributed by atoms with Crippen LogP contribution in [0.4, 0.5) is 0 Å². The maximum Gasteiger partial charge on any atom is -0.0181 e. The molecule has 0 N–H and O–H groups in total. The average molecular weight is 272 g/mol. The van der Waals surface area contributed by atoms with Gasteiger partial charge in [0.2, 0.25) is 0 Å². The molecule has 0 saturated carbocycles. The van der Waals surface area contributed by atoms with Crippen LogP contribution >= 0.6 is 0 Å². The molecule has 0 bridgehead atoms. The summed E-state index contributed by atoms with van der Waals surface area (Å²) in [6, 6.07) is 30.2. The van der Waals surface area contributed by atoms with E-state index in [4.69, 9.17) is 0 Å². The molecule has 3 rings (SSSR count). The minimum atomic E-state index is 1.13. The quantitative estimate of drug-likeness (QED) is 0.573. The predicted molar refractivity (Wildman–Crippen MR) is 90.3 cm³/mol. The zero-order valence-electron chi connectivity index (χ0n) is 12.2. The molecule has 0 saturated heterocycles. The van der Waals surface area contributed by atoms with Crippen LogP contribution in [-0.2, 0) is 12.8 Å². The molecule has 0 nitrogen and oxygen atoms in total. The molecule has 3 aromatic carbocycles. The van der Waals surface area contributed by atoms with Gasteiger partial charge in [0.05, 0.1) is 0 Å². The third-order valence-electron chi connectivity index (χ3n) is 3.81. The fourth-order valence-corrected chi connectivity index (χ4v) is 2.68. The van der Waals surface area contributed by atoms with Crippen molar-refractivity contribution in [2.75, 3.05) is 0 Å². The topological polar surface area (TPSA) is 0 Å². The van der Waals surface area contributed by atoms with Gasteiger partial charge in [-0.05, 0) is 41.5 Å². The Kier molecular flexibility index (Phi) is 4.48. The lowest BCUT2D eigenvalue weighted by Gasteiger charge is -2.06. The number of hydrogen-bond donors (Lipinski definition) is 0. The molecule has 0 heteroatoms. The van der Waals surface area contributed by atoms with Gasteiger partial charge in [-0.1, -0.05) is 84.9 Å². The summed E-state index contributed by atoms with van der Waals surface area (Å²) in [5.41, 5.74) is 5.46. The summed E-state index contributed by atoms with van der Waals surface area (Å²) in [5, 5.41) is 0. The lowest BCUT2D eigenvalue weighted by Crippen LogP contribution is -1.90. The van der Waals surface area contributed by atoms with Crippen LogP contribution in [0.3, 0.4) is 0 Å². The Morgan fingerprint density at radius 3 is 1.81 bits per heavy atom. The summed E-state index contributed by atoms with van der Waals surface area (Å²) in [4.78, 5) is 0. The second-order valence-electron chi connectivity index (χ2n) is 5.41. The first-order chi connectivity index (χ1) is 10.4. The van der Waals surface area contributed by atoms with Gasteiger partial charge in [-0.15, -0.1) is 0 Å². The largest absolute Gasteiger partial charge is 0.0622 e. The van der Waals surface area contributed by atoms with Gasteiger partial charge in [0.25, 0.3) is 0 Å². The summed E-state index contributed by atoms with van der Waals surface area (Å²) in [6.07, 6.45) is 3.48. The normalized spacial score (nSPS) is 10.5. The van der Waals surface area contributed by atoms with E-state index in [1.165, 1.54) is 28.7 Å². The molecule has 0 aliphatic heterocycles. The highest BCUT2D eigenvalue weighted by atomic mass is 14.0. The third-order valence-corrected chi connectivity index (χ3v) is 3.81. The first-order valence-electron chi connectivity index (χ1n) is 7.60. The maximum atomic E-state index is 2.32. The monoisotopic (exact) mass is 272 g/mol. The predicted octanol–water partition coefficient (Wildman–Crippen LogP) is 5.53. The van der Waals surface area contributed by atoms with E-state index in [0.717, 1.165) is 12.8 Å². The summed E-state index contributed by atoms with van der Waals surface area (Å²) < 4.78 is 0. The van der Waals surface area contributed by atoms with Crippen molar-refractivity contribution >= 4 is 0 Å². The summed E-state index contributed by atoms with van der Waals surface area (Å²) in [5.74, 6) is 0. The van der Waals surface area contributed by atoms with Crippen molar-refractivity contribution in [2.45, 2.75) is 19.3 Å². The number of rotatable bonds is 5. The molecule has 0 unspecified atom stereocenters. The lowest BCUT2D eigenvalue weighted by molar-refractivity contribution is 0.821. The first kappa shape index (κ1) is 13.6. The van der Waals surface area contributed by atoms with Gasteiger partial charge in [0.1, 0.15) is 0 Å². The number of aryl methyl sites for hydroxylation is 2. The molecule has 0 aliphatic carbocycles. The van der Waals surface area contributed by atoms with Gasteiger partial charge in [-0.2, -0.15) is 0 Å². The van der Waals surface area contributed by atoms with E-state index in [1.807, 2.05) is 0 Å². The minimum Gasteiger partial charge on any atom is -0.0622 e. The molecule has 0 atom stereocenters. The molecule has 104 valence electrons. The van der Waals surface area contributed by atoms with Crippen LogP contribution in [-0.4, -0.2) is 0 Å². The Morgan fingerprint density at radius 1 is 0.476 bits per heavy atom. The van der Waals surface area contributed by atoms with Crippen molar-refractivity contribution in [3.05, 3.63) is 96.1 Å². The van der Waals surface area contributed by atoms with Gasteiger partial charge < -0.3 is 0 Å². The van der Waals surface area contributed by atoms with E-state index in [1.54, 1.807) is 0 Å². The van der Waals surface area contributed by atoms with Crippen molar-refractivity contribution in [2.24, 2.45) is 0 Å². The molecule has 0 radical (unpaired) electrons. The molecule has 0 aliphatic rings. The fraction of sp³-hybridized carbons (Fsp3) is 0.143. The lowest BCUT2D eigenvalue weighted by atomic mass is 9.99. The third kappa shape index (κ3) is 3.82. The average Bonchev–Trinajstić information content (AvgIpc) is 2.57. The molecular formula is C21H20. The van der Waals surface area contributed by atoms with Crippen molar-refractivity contribution < 1.29 is 0 Å². The van der Waals surface area contributed by atoms with Crippen LogP contribution in [0.2, 0.25) is 0 Å². The fourth-order valence-electron chi connectivity index (χ4n) is 2.68. The summed E-state index contributed by atoms with van der Waals surface area (Å²) in [6.45, 7) is 0. The van der Waals surface area contributed by atoms with Crippen molar-refractivity contribution in [3.8, 4) is 11.1 Å². The smallest absolute Gasteiger partial charge is 0.0181 e. The molecule has 3 aromatic rings. The van der Waals surface area contributed by atoms with Crippen LogP contribution in [0, 0.1) is 0 Å². The van der Waals surface area contributed by atoms with Crippen LogP contribution in [0.1, 0.15) is 17.5 Å². The van der Waals surface area contributed by atoms with Gasteiger partial charge in [-0.25, -0.2) is 0 Å². The second kappa shape index (κ2) is 6.90. The number of benzene rings is 3. The van der Waals surface area contributed by atoms with E-state index in [-0.39, 0.29) is 0 Å². The highest BCUT2D eigenvalue weighted by Crippen LogP contribution is 2.20. The summed E-state index contributed by atoms with van der Waals surface area (Å²) >= 11 is 0. The van der Waals surface area contributed by atoms with E-state index in [0.29, 0.717) is 0 Å². The van der Waals surface area contributed by atoms with Gasteiger partial charge in [0.15, 0.2) is 0 Å². The Hall–Kier alpha value is -2.34. The van der Waals surface area contributed by atoms with Gasteiger partial charge >= 0.3 is 0 Å². The highest BCUT2D eigenvalue weighted by molar-refractivity contribution is 5.63. The van der Waals surface area contributed by atoms with Crippen molar-refractivity contribution in [1.82, 2.24) is 0 Å². The zero-order valence-corrected chi connectivity index (χ0v) is 12.2. The molecule has 21 heavy (non-hydrogen) atoms. The van der Waals surface area contributed by atoms with Gasteiger partial charge in [0, 0.05) is 0 Å². The molecule has 0 aromatic heterocycles. The van der Waals surface area contributed by atoms with Crippen LogP contribution in [0.5, 0.6) is 0 Å². The standard InChI is InChI=1S/C21H20/c1-3-9-18(10-4-1)11-7-12-19-13-8-16-21(17-19)20-14-5-2-6-15-20/h1-6,8-10,13-17H,7,11-12H2. The zero-order chi connectivity index (χ0) is 14.3. The SMILES string of the molecule is c1ccc(CCCc2cccc(-c3ccccc3)c2)cc1. The van der Waals surface area contributed by atoms with E-state index >= 15 is 0 Å². The molecule has 0 spiro atoms. The minimum absolute atomic E-state index is 1.13. The van der Waals surface area contributed by atoms with E-state index in [9.17, 15) is 0 Å². The maximum absolute atomic E-state index is 2.32. The van der Waals surface area contributed by atoms with Crippen molar-refractivity contribution in [3.63, 3.8) is 0 Å². The highest BCUT2D eigenvalue weighted by Gasteiger charge is 1.99. The second-order valence-corrected chi connectivity index (χ2v) is 5.41.